The van der Waals surface area contributed by atoms with E-state index in [-0.39, 0.29) is 5.41 Å². The van der Waals surface area contributed by atoms with Crippen LogP contribution in [0.3, 0.4) is 0 Å². The zero-order valence-electron chi connectivity index (χ0n) is 19.6. The fourth-order valence-corrected chi connectivity index (χ4v) is 7.35. The zero-order chi connectivity index (χ0) is 23.4. The maximum absolute atomic E-state index is 4.64. The van der Waals surface area contributed by atoms with Crippen LogP contribution >= 0.6 is 0 Å². The lowest BCUT2D eigenvalue weighted by Gasteiger charge is -2.30. The van der Waals surface area contributed by atoms with Crippen molar-refractivity contribution < 1.29 is 0 Å². The van der Waals surface area contributed by atoms with Gasteiger partial charge in [0.25, 0.3) is 0 Å². The van der Waals surface area contributed by atoms with Crippen molar-refractivity contribution in [1.82, 2.24) is 4.98 Å². The van der Waals surface area contributed by atoms with Gasteiger partial charge in [-0.15, -0.1) is 0 Å². The van der Waals surface area contributed by atoms with Crippen LogP contribution in [0.1, 0.15) is 33.4 Å². The lowest BCUT2D eigenvalue weighted by Crippen LogP contribution is -2.26. The molecule has 1 heterocycles. The summed E-state index contributed by atoms with van der Waals surface area (Å²) in [7, 11) is 0. The van der Waals surface area contributed by atoms with Gasteiger partial charge in [-0.2, -0.15) is 0 Å². The second kappa shape index (κ2) is 6.38. The third-order valence-corrected chi connectivity index (χ3v) is 8.76. The van der Waals surface area contributed by atoms with Gasteiger partial charge in [0.2, 0.25) is 0 Å². The molecule has 0 bridgehead atoms. The van der Waals surface area contributed by atoms with E-state index in [1.807, 2.05) is 6.20 Å². The molecule has 1 spiro atoms. The highest BCUT2D eigenvalue weighted by atomic mass is 14.7. The van der Waals surface area contributed by atoms with E-state index in [1.54, 1.807) is 0 Å². The van der Waals surface area contributed by atoms with Gasteiger partial charge in [0.15, 0.2) is 0 Å². The topological polar surface area (TPSA) is 12.9 Å². The predicted molar refractivity (Wildman–Crippen MR) is 146 cm³/mol. The van der Waals surface area contributed by atoms with Crippen LogP contribution in [-0.2, 0) is 11.8 Å². The van der Waals surface area contributed by atoms with Crippen molar-refractivity contribution in [2.24, 2.45) is 0 Å². The average Bonchev–Trinajstić information content (AvgIpc) is 3.54. The number of nitrogens with zero attached hydrogens (tertiary/aromatic N) is 1. The number of fused-ring (bicyclic) bond motifs is 14. The Morgan fingerprint density at radius 1 is 0.472 bits per heavy atom. The van der Waals surface area contributed by atoms with Gasteiger partial charge in [-0.25, -0.2) is 0 Å². The molecule has 9 rings (SSSR count). The minimum absolute atomic E-state index is 0.319. The molecular formula is C35H21N. The molecule has 0 amide bonds. The smallest absolute Gasteiger partial charge is 0.0740 e. The van der Waals surface area contributed by atoms with Crippen LogP contribution in [-0.4, -0.2) is 4.98 Å². The molecule has 5 aromatic carbocycles. The summed E-state index contributed by atoms with van der Waals surface area (Å²) in [6, 6.07) is 38.7. The number of hydrogen-bond acceptors (Lipinski definition) is 1. The van der Waals surface area contributed by atoms with E-state index in [4.69, 9.17) is 0 Å². The van der Waals surface area contributed by atoms with E-state index in [1.165, 1.54) is 77.5 Å². The molecule has 0 radical (unpaired) electrons. The summed E-state index contributed by atoms with van der Waals surface area (Å²) < 4.78 is 0. The lowest BCUT2D eigenvalue weighted by atomic mass is 9.70. The van der Waals surface area contributed by atoms with Crippen molar-refractivity contribution in [2.75, 3.05) is 0 Å². The van der Waals surface area contributed by atoms with E-state index >= 15 is 0 Å². The van der Waals surface area contributed by atoms with Gasteiger partial charge in [-0.1, -0.05) is 84.9 Å². The summed E-state index contributed by atoms with van der Waals surface area (Å²) in [6.07, 6.45) is 5.02. The summed E-state index contributed by atoms with van der Waals surface area (Å²) in [5.74, 6) is 0. The van der Waals surface area contributed by atoms with E-state index in [0.717, 1.165) is 6.42 Å². The first-order valence-electron chi connectivity index (χ1n) is 12.7. The Kier molecular flexibility index (Phi) is 3.33. The normalized spacial score (nSPS) is 17.4. The molecule has 0 aliphatic heterocycles. The first-order valence-corrected chi connectivity index (χ1v) is 12.7. The highest BCUT2D eigenvalue weighted by Crippen LogP contribution is 2.63. The Balaban J connectivity index is 1.40. The summed E-state index contributed by atoms with van der Waals surface area (Å²) in [5, 5.41) is 2.63. The molecule has 1 nitrogen and oxygen atoms in total. The Labute approximate surface area is 209 Å². The van der Waals surface area contributed by atoms with Gasteiger partial charge in [0.1, 0.15) is 0 Å². The molecule has 0 saturated heterocycles. The average molecular weight is 456 g/mol. The highest BCUT2D eigenvalue weighted by Gasteiger charge is 2.52. The number of aromatic nitrogens is 1. The van der Waals surface area contributed by atoms with Crippen LogP contribution in [0, 0.1) is 0 Å². The Morgan fingerprint density at radius 3 is 1.89 bits per heavy atom. The first kappa shape index (κ1) is 18.8. The van der Waals surface area contributed by atoms with Crippen molar-refractivity contribution in [3.8, 4) is 33.4 Å². The number of rotatable bonds is 0. The molecule has 1 unspecified atom stereocenters. The molecule has 36 heavy (non-hydrogen) atoms. The van der Waals surface area contributed by atoms with Crippen LogP contribution in [0.2, 0.25) is 0 Å². The standard InChI is InChI=1S/C35H21N/c1-2-8-22-17-28-23(15-21(22)7-1)16-24-18-33-30(19-29(24)28)26-10-4-6-12-32(26)35(33)31-11-5-3-9-25(31)27-13-14-36-20-34(27)35/h1-15,17-20H,16H2. The van der Waals surface area contributed by atoms with Crippen molar-refractivity contribution in [2.45, 2.75) is 11.8 Å². The van der Waals surface area contributed by atoms with Gasteiger partial charge in [-0.3, -0.25) is 4.98 Å². The minimum atomic E-state index is -0.319. The molecule has 0 N–H and O–H groups in total. The van der Waals surface area contributed by atoms with Crippen molar-refractivity contribution in [1.29, 1.82) is 0 Å². The van der Waals surface area contributed by atoms with Crippen LogP contribution in [0.15, 0.2) is 116 Å². The van der Waals surface area contributed by atoms with Gasteiger partial charge < -0.3 is 0 Å². The summed E-state index contributed by atoms with van der Waals surface area (Å²) in [6.45, 7) is 0. The van der Waals surface area contributed by atoms with E-state index in [9.17, 15) is 0 Å². The van der Waals surface area contributed by atoms with Gasteiger partial charge in [0, 0.05) is 12.4 Å². The van der Waals surface area contributed by atoms with Crippen LogP contribution < -0.4 is 0 Å². The quantitative estimate of drug-likeness (QED) is 0.225. The maximum Gasteiger partial charge on any atom is 0.0740 e. The summed E-state index contributed by atoms with van der Waals surface area (Å²) >= 11 is 0. The minimum Gasteiger partial charge on any atom is -0.264 e. The van der Waals surface area contributed by atoms with Crippen LogP contribution in [0.5, 0.6) is 0 Å². The molecule has 0 saturated carbocycles. The monoisotopic (exact) mass is 455 g/mol. The van der Waals surface area contributed by atoms with Gasteiger partial charge in [-0.05, 0) is 102 Å². The van der Waals surface area contributed by atoms with Crippen molar-refractivity contribution in [3.63, 3.8) is 0 Å². The molecule has 1 heteroatoms. The third-order valence-electron chi connectivity index (χ3n) is 8.76. The summed E-state index contributed by atoms with van der Waals surface area (Å²) in [5.41, 5.74) is 16.1. The Hall–Kier alpha value is -4.49. The maximum atomic E-state index is 4.64. The lowest BCUT2D eigenvalue weighted by molar-refractivity contribution is 0.787. The van der Waals surface area contributed by atoms with Gasteiger partial charge in [0.05, 0.1) is 5.41 Å². The fourth-order valence-electron chi connectivity index (χ4n) is 7.35. The third kappa shape index (κ3) is 2.08. The SMILES string of the molecule is c1ccc2c(c1)-c1ccncc1C21c2ccccc2-c2cc3c(cc21)Cc1cc2ccccc2cc1-3. The predicted octanol–water partition coefficient (Wildman–Crippen LogP) is 8.15. The largest absolute Gasteiger partial charge is 0.264 e. The van der Waals surface area contributed by atoms with Crippen LogP contribution in [0.4, 0.5) is 0 Å². The second-order valence-corrected chi connectivity index (χ2v) is 10.4. The van der Waals surface area contributed by atoms with E-state index in [0.29, 0.717) is 0 Å². The van der Waals surface area contributed by atoms with E-state index in [2.05, 4.69) is 114 Å². The highest BCUT2D eigenvalue weighted by molar-refractivity contribution is 5.98. The van der Waals surface area contributed by atoms with Crippen molar-refractivity contribution >= 4 is 10.8 Å². The van der Waals surface area contributed by atoms with Gasteiger partial charge >= 0.3 is 0 Å². The Bertz CT molecular complexity index is 1880. The molecule has 3 aliphatic rings. The number of pyridine rings is 1. The van der Waals surface area contributed by atoms with Crippen molar-refractivity contribution in [3.05, 3.63) is 149 Å². The first-order chi connectivity index (χ1) is 17.8. The molecule has 3 aliphatic carbocycles. The molecule has 1 atom stereocenters. The molecule has 6 aromatic rings. The molecule has 1 aromatic heterocycles. The second-order valence-electron chi connectivity index (χ2n) is 10.4. The molecule has 0 fully saturated rings. The van der Waals surface area contributed by atoms with E-state index < -0.39 is 0 Å². The van der Waals surface area contributed by atoms with Crippen LogP contribution in [0.25, 0.3) is 44.2 Å². The number of benzene rings is 5. The molecular weight excluding hydrogens is 434 g/mol. The summed E-state index contributed by atoms with van der Waals surface area (Å²) in [4.78, 5) is 4.64. The number of hydrogen-bond donors (Lipinski definition) is 0. The zero-order valence-corrected chi connectivity index (χ0v) is 19.6. The fraction of sp³-hybridized carbons (Fsp3) is 0.0571. The Morgan fingerprint density at radius 2 is 1.08 bits per heavy atom. The molecule has 166 valence electrons.